The van der Waals surface area contributed by atoms with Crippen LogP contribution in [-0.4, -0.2) is 41.0 Å². The Morgan fingerprint density at radius 1 is 1.04 bits per heavy atom. The number of benzene rings is 2. The van der Waals surface area contributed by atoms with Crippen LogP contribution in [0.3, 0.4) is 0 Å². The van der Waals surface area contributed by atoms with Crippen LogP contribution < -0.4 is 14.5 Å². The van der Waals surface area contributed by atoms with E-state index in [1.54, 1.807) is 30.1 Å². The molecule has 0 aromatic heterocycles. The number of carbonyl (C=O) groups excluding carboxylic acids is 1. The first-order valence-electron chi connectivity index (χ1n) is 9.67. The van der Waals surface area contributed by atoms with Crippen LogP contribution in [0.2, 0.25) is 0 Å². The largest absolute Gasteiger partial charge is 0.372 e. The van der Waals surface area contributed by atoms with Gasteiger partial charge in [-0.3, -0.25) is 4.79 Å². The number of hydrogen-bond acceptors (Lipinski definition) is 4. The highest BCUT2D eigenvalue weighted by Crippen LogP contribution is 2.29. The third kappa shape index (κ3) is 3.77. The van der Waals surface area contributed by atoms with E-state index >= 15 is 0 Å². The second-order valence-electron chi connectivity index (χ2n) is 7.43. The Morgan fingerprint density at radius 3 is 2.46 bits per heavy atom. The fourth-order valence-electron chi connectivity index (χ4n) is 3.88. The summed E-state index contributed by atoms with van der Waals surface area (Å²) in [6.07, 6.45) is 3.37. The molecular formula is C21H25N3O3S. The minimum absolute atomic E-state index is 0.0186. The molecule has 2 aromatic carbocycles. The number of anilines is 2. The fraction of sp³-hybridized carbons (Fsp3) is 0.381. The fourth-order valence-corrected chi connectivity index (χ4v) is 4.96. The molecule has 2 aliphatic heterocycles. The Balaban J connectivity index is 1.37. The maximum Gasteiger partial charge on any atom is 0.240 e. The Bertz CT molecular complexity index is 980. The Kier molecular flexibility index (Phi) is 5.12. The normalized spacial score (nSPS) is 16.7. The molecule has 1 N–H and O–H groups in total. The van der Waals surface area contributed by atoms with E-state index < -0.39 is 10.0 Å². The molecule has 1 fully saturated rings. The van der Waals surface area contributed by atoms with Gasteiger partial charge < -0.3 is 9.80 Å². The van der Waals surface area contributed by atoms with Gasteiger partial charge in [-0.25, -0.2) is 13.1 Å². The average Bonchev–Trinajstić information content (AvgIpc) is 3.31. The first-order chi connectivity index (χ1) is 13.4. The highest BCUT2D eigenvalue weighted by atomic mass is 32.2. The van der Waals surface area contributed by atoms with E-state index in [4.69, 9.17) is 0 Å². The molecule has 1 saturated heterocycles. The molecule has 1 amide bonds. The molecule has 2 aromatic rings. The van der Waals surface area contributed by atoms with Crippen molar-refractivity contribution in [3.05, 3.63) is 53.6 Å². The molecule has 7 heteroatoms. The van der Waals surface area contributed by atoms with Gasteiger partial charge in [-0.15, -0.1) is 0 Å². The summed E-state index contributed by atoms with van der Waals surface area (Å²) in [7, 11) is -1.89. The van der Waals surface area contributed by atoms with Crippen molar-refractivity contribution in [1.82, 2.24) is 4.72 Å². The molecule has 2 heterocycles. The van der Waals surface area contributed by atoms with Crippen molar-refractivity contribution < 1.29 is 13.2 Å². The molecule has 28 heavy (non-hydrogen) atoms. The van der Waals surface area contributed by atoms with Crippen LogP contribution in [0, 0.1) is 0 Å². The standard InChI is InChI=1S/C21H25N3O3S/c1-23-20-9-8-19(14-17(20)15-21(23)25)28(26,27)22-11-10-16-4-6-18(7-5-16)24-12-2-3-13-24/h4-9,14,22H,2-3,10-13,15H2,1H3. The predicted octanol–water partition coefficient (Wildman–Crippen LogP) is 2.33. The average molecular weight is 400 g/mol. The van der Waals surface area contributed by atoms with Crippen molar-refractivity contribution >= 4 is 27.3 Å². The number of nitrogens with zero attached hydrogens (tertiary/aromatic N) is 2. The summed E-state index contributed by atoms with van der Waals surface area (Å²) in [4.78, 5) is 15.9. The smallest absolute Gasteiger partial charge is 0.240 e. The van der Waals surface area contributed by atoms with Gasteiger partial charge in [0, 0.05) is 38.1 Å². The highest BCUT2D eigenvalue weighted by molar-refractivity contribution is 7.89. The number of likely N-dealkylation sites (N-methyl/N-ethyl adjacent to an activating group) is 1. The van der Waals surface area contributed by atoms with Crippen LogP contribution in [0.5, 0.6) is 0 Å². The summed E-state index contributed by atoms with van der Waals surface area (Å²) >= 11 is 0. The number of hydrogen-bond donors (Lipinski definition) is 1. The SMILES string of the molecule is CN1C(=O)Cc2cc(S(=O)(=O)NCCc3ccc(N4CCCC4)cc3)ccc21. The van der Waals surface area contributed by atoms with Crippen LogP contribution in [0.25, 0.3) is 0 Å². The number of sulfonamides is 1. The number of fused-ring (bicyclic) bond motifs is 1. The first-order valence-corrected chi connectivity index (χ1v) is 11.2. The molecule has 0 saturated carbocycles. The summed E-state index contributed by atoms with van der Waals surface area (Å²) < 4.78 is 27.9. The molecule has 0 radical (unpaired) electrons. The van der Waals surface area contributed by atoms with Crippen molar-refractivity contribution in [1.29, 1.82) is 0 Å². The number of nitrogens with one attached hydrogen (secondary N) is 1. The number of carbonyl (C=O) groups is 1. The molecular weight excluding hydrogens is 374 g/mol. The molecule has 4 rings (SSSR count). The summed E-state index contributed by atoms with van der Waals surface area (Å²) in [5.41, 5.74) is 3.88. The van der Waals surface area contributed by atoms with E-state index in [2.05, 4.69) is 33.9 Å². The third-order valence-electron chi connectivity index (χ3n) is 5.55. The Labute approximate surface area is 166 Å². The predicted molar refractivity (Wildman–Crippen MR) is 110 cm³/mol. The second-order valence-corrected chi connectivity index (χ2v) is 9.20. The van der Waals surface area contributed by atoms with Gasteiger partial charge >= 0.3 is 0 Å². The second kappa shape index (κ2) is 7.56. The maximum absolute atomic E-state index is 12.6. The third-order valence-corrected chi connectivity index (χ3v) is 7.01. The minimum atomic E-state index is -3.60. The van der Waals surface area contributed by atoms with Crippen LogP contribution >= 0.6 is 0 Å². The van der Waals surface area contributed by atoms with E-state index in [0.717, 1.165) is 29.9 Å². The molecule has 0 spiro atoms. The molecule has 6 nitrogen and oxygen atoms in total. The van der Waals surface area contributed by atoms with E-state index in [1.807, 2.05) is 0 Å². The Morgan fingerprint density at radius 2 is 1.75 bits per heavy atom. The monoisotopic (exact) mass is 399 g/mol. The maximum atomic E-state index is 12.6. The number of amides is 1. The lowest BCUT2D eigenvalue weighted by atomic mass is 10.1. The first kappa shape index (κ1) is 19.0. The minimum Gasteiger partial charge on any atom is -0.372 e. The lowest BCUT2D eigenvalue weighted by Crippen LogP contribution is -2.26. The van der Waals surface area contributed by atoms with E-state index in [0.29, 0.717) is 13.0 Å². The van der Waals surface area contributed by atoms with Gasteiger partial charge in [0.1, 0.15) is 0 Å². The molecule has 0 bridgehead atoms. The van der Waals surface area contributed by atoms with Gasteiger partial charge in [-0.2, -0.15) is 0 Å². The van der Waals surface area contributed by atoms with E-state index in [9.17, 15) is 13.2 Å². The molecule has 2 aliphatic rings. The van der Waals surface area contributed by atoms with Crippen LogP contribution in [0.15, 0.2) is 47.4 Å². The van der Waals surface area contributed by atoms with Crippen LogP contribution in [0.4, 0.5) is 11.4 Å². The van der Waals surface area contributed by atoms with Gasteiger partial charge in [-0.1, -0.05) is 12.1 Å². The van der Waals surface area contributed by atoms with Crippen molar-refractivity contribution in [2.45, 2.75) is 30.6 Å². The van der Waals surface area contributed by atoms with Crippen molar-refractivity contribution in [3.63, 3.8) is 0 Å². The van der Waals surface area contributed by atoms with Gasteiger partial charge in [0.25, 0.3) is 0 Å². The summed E-state index contributed by atoms with van der Waals surface area (Å²) in [5.74, 6) is -0.0186. The van der Waals surface area contributed by atoms with Gasteiger partial charge in [0.2, 0.25) is 15.9 Å². The van der Waals surface area contributed by atoms with E-state index in [-0.39, 0.29) is 17.2 Å². The van der Waals surface area contributed by atoms with E-state index in [1.165, 1.54) is 18.5 Å². The zero-order valence-corrected chi connectivity index (χ0v) is 16.8. The lowest BCUT2D eigenvalue weighted by molar-refractivity contribution is -0.117. The molecule has 148 valence electrons. The zero-order chi connectivity index (χ0) is 19.7. The zero-order valence-electron chi connectivity index (χ0n) is 16.0. The molecule has 0 unspecified atom stereocenters. The highest BCUT2D eigenvalue weighted by Gasteiger charge is 2.26. The summed E-state index contributed by atoms with van der Waals surface area (Å²) in [6, 6.07) is 13.2. The van der Waals surface area contributed by atoms with Gasteiger partial charge in [-0.05, 0) is 60.7 Å². The van der Waals surface area contributed by atoms with Crippen molar-refractivity contribution in [2.75, 3.05) is 36.5 Å². The summed E-state index contributed by atoms with van der Waals surface area (Å²) in [5, 5.41) is 0. The lowest BCUT2D eigenvalue weighted by Gasteiger charge is -2.17. The van der Waals surface area contributed by atoms with Crippen LogP contribution in [-0.2, 0) is 27.7 Å². The quantitative estimate of drug-likeness (QED) is 0.809. The summed E-state index contributed by atoms with van der Waals surface area (Å²) in [6.45, 7) is 2.56. The topological polar surface area (TPSA) is 69.7 Å². The molecule has 0 aliphatic carbocycles. The van der Waals surface area contributed by atoms with Gasteiger partial charge in [0.15, 0.2) is 0 Å². The Hall–Kier alpha value is -2.38. The van der Waals surface area contributed by atoms with Crippen molar-refractivity contribution in [2.24, 2.45) is 0 Å². The number of rotatable bonds is 6. The molecule has 0 atom stereocenters. The van der Waals surface area contributed by atoms with Crippen LogP contribution in [0.1, 0.15) is 24.0 Å². The van der Waals surface area contributed by atoms with Crippen molar-refractivity contribution in [3.8, 4) is 0 Å². The van der Waals surface area contributed by atoms with Gasteiger partial charge in [0.05, 0.1) is 11.3 Å².